The van der Waals surface area contributed by atoms with E-state index in [0.717, 1.165) is 19.3 Å². The third kappa shape index (κ3) is 4.69. The lowest BCUT2D eigenvalue weighted by Crippen LogP contribution is -2.32. The van der Waals surface area contributed by atoms with E-state index >= 15 is 0 Å². The number of hydrogen-bond donors (Lipinski definition) is 2. The highest BCUT2D eigenvalue weighted by Gasteiger charge is 2.38. The van der Waals surface area contributed by atoms with Crippen molar-refractivity contribution in [1.82, 2.24) is 0 Å². The molecule has 23 heavy (non-hydrogen) atoms. The first-order chi connectivity index (χ1) is 10.4. The fraction of sp³-hybridized carbons (Fsp3) is 0.684. The van der Waals surface area contributed by atoms with Crippen molar-refractivity contribution in [3.8, 4) is 0 Å². The SMILES string of the molecule is CC1=C(C(C)(C)CC(C)C=C(C(=O)O)C(=O)O)C(C)(C)CCC1. The van der Waals surface area contributed by atoms with Gasteiger partial charge < -0.3 is 10.2 Å². The summed E-state index contributed by atoms with van der Waals surface area (Å²) in [5.74, 6) is -2.88. The largest absolute Gasteiger partial charge is 0.477 e. The highest BCUT2D eigenvalue weighted by Crippen LogP contribution is 2.51. The minimum absolute atomic E-state index is 0.0912. The molecule has 1 rings (SSSR count). The molecular formula is C19H30O4. The topological polar surface area (TPSA) is 74.6 Å². The van der Waals surface area contributed by atoms with E-state index in [9.17, 15) is 9.59 Å². The second-order valence-electron chi connectivity index (χ2n) is 8.15. The van der Waals surface area contributed by atoms with E-state index in [0.29, 0.717) is 0 Å². The number of rotatable bonds is 6. The minimum Gasteiger partial charge on any atom is -0.477 e. The maximum Gasteiger partial charge on any atom is 0.342 e. The van der Waals surface area contributed by atoms with Gasteiger partial charge in [-0.15, -0.1) is 0 Å². The molecule has 0 aliphatic heterocycles. The Morgan fingerprint density at radius 2 is 1.78 bits per heavy atom. The second kappa shape index (κ2) is 6.90. The maximum atomic E-state index is 11.0. The molecule has 0 saturated carbocycles. The first-order valence-corrected chi connectivity index (χ1v) is 8.27. The van der Waals surface area contributed by atoms with Crippen molar-refractivity contribution in [3.05, 3.63) is 22.8 Å². The lowest BCUT2D eigenvalue weighted by Gasteiger charge is -2.44. The number of carbonyl (C=O) groups is 2. The van der Waals surface area contributed by atoms with Crippen molar-refractivity contribution in [3.63, 3.8) is 0 Å². The van der Waals surface area contributed by atoms with Crippen LogP contribution in [0, 0.1) is 16.7 Å². The van der Waals surface area contributed by atoms with Gasteiger partial charge in [-0.1, -0.05) is 51.8 Å². The molecule has 0 bridgehead atoms. The molecule has 1 aliphatic carbocycles. The van der Waals surface area contributed by atoms with Crippen molar-refractivity contribution in [2.24, 2.45) is 16.7 Å². The van der Waals surface area contributed by atoms with Crippen LogP contribution < -0.4 is 0 Å². The van der Waals surface area contributed by atoms with Gasteiger partial charge in [0.15, 0.2) is 0 Å². The molecule has 0 aromatic heterocycles. The molecule has 4 heteroatoms. The predicted molar refractivity (Wildman–Crippen MR) is 91.2 cm³/mol. The summed E-state index contributed by atoms with van der Waals surface area (Å²) >= 11 is 0. The minimum atomic E-state index is -1.38. The van der Waals surface area contributed by atoms with Crippen LogP contribution in [0.4, 0.5) is 0 Å². The van der Waals surface area contributed by atoms with Crippen molar-refractivity contribution < 1.29 is 19.8 Å². The van der Waals surface area contributed by atoms with Gasteiger partial charge in [-0.05, 0) is 49.4 Å². The van der Waals surface area contributed by atoms with E-state index in [1.165, 1.54) is 23.6 Å². The van der Waals surface area contributed by atoms with Gasteiger partial charge in [0, 0.05) is 0 Å². The van der Waals surface area contributed by atoms with Crippen LogP contribution in [-0.2, 0) is 9.59 Å². The maximum absolute atomic E-state index is 11.0. The first-order valence-electron chi connectivity index (χ1n) is 8.27. The van der Waals surface area contributed by atoms with Crippen LogP contribution in [0.5, 0.6) is 0 Å². The highest BCUT2D eigenvalue weighted by atomic mass is 16.4. The molecule has 4 nitrogen and oxygen atoms in total. The van der Waals surface area contributed by atoms with Gasteiger partial charge in [0.25, 0.3) is 0 Å². The van der Waals surface area contributed by atoms with Crippen LogP contribution in [0.2, 0.25) is 0 Å². The molecular weight excluding hydrogens is 292 g/mol. The normalized spacial score (nSPS) is 19.2. The molecule has 0 aromatic rings. The predicted octanol–water partition coefficient (Wildman–Crippen LogP) is 4.66. The summed E-state index contributed by atoms with van der Waals surface area (Å²) in [5, 5.41) is 18.0. The van der Waals surface area contributed by atoms with Crippen LogP contribution in [0.15, 0.2) is 22.8 Å². The summed E-state index contributed by atoms with van der Waals surface area (Å²) in [5.41, 5.74) is 2.38. The summed E-state index contributed by atoms with van der Waals surface area (Å²) in [6.45, 7) is 13.0. The summed E-state index contributed by atoms with van der Waals surface area (Å²) in [4.78, 5) is 22.1. The van der Waals surface area contributed by atoms with Gasteiger partial charge in [0.05, 0.1) is 0 Å². The second-order valence-corrected chi connectivity index (χ2v) is 8.15. The molecule has 1 atom stereocenters. The highest BCUT2D eigenvalue weighted by molar-refractivity contribution is 6.12. The van der Waals surface area contributed by atoms with Crippen molar-refractivity contribution in [1.29, 1.82) is 0 Å². The van der Waals surface area contributed by atoms with Gasteiger partial charge in [0.2, 0.25) is 0 Å². The van der Waals surface area contributed by atoms with Crippen molar-refractivity contribution in [2.75, 3.05) is 0 Å². The lowest BCUT2D eigenvalue weighted by molar-refractivity contribution is -0.140. The number of carboxylic acid groups (broad SMARTS) is 2. The van der Waals surface area contributed by atoms with Gasteiger partial charge in [0.1, 0.15) is 5.57 Å². The van der Waals surface area contributed by atoms with E-state index in [1.807, 2.05) is 6.92 Å². The van der Waals surface area contributed by atoms with Crippen LogP contribution in [0.3, 0.4) is 0 Å². The average Bonchev–Trinajstić information content (AvgIpc) is 2.32. The van der Waals surface area contributed by atoms with E-state index < -0.39 is 17.5 Å². The fourth-order valence-corrected chi connectivity index (χ4v) is 4.60. The Bertz CT molecular complexity index is 534. The zero-order chi connectivity index (χ0) is 18.0. The summed E-state index contributed by atoms with van der Waals surface area (Å²) in [7, 11) is 0. The Kier molecular flexibility index (Phi) is 5.84. The first kappa shape index (κ1) is 19.5. The molecule has 0 heterocycles. The van der Waals surface area contributed by atoms with E-state index in [2.05, 4.69) is 34.6 Å². The van der Waals surface area contributed by atoms with Crippen LogP contribution in [-0.4, -0.2) is 22.2 Å². The van der Waals surface area contributed by atoms with Gasteiger partial charge in [-0.3, -0.25) is 0 Å². The summed E-state index contributed by atoms with van der Waals surface area (Å²) in [6.07, 6.45) is 5.58. The molecule has 0 saturated heterocycles. The Balaban J connectivity index is 3.08. The Labute approximate surface area is 139 Å². The third-order valence-electron chi connectivity index (χ3n) is 4.88. The van der Waals surface area contributed by atoms with Gasteiger partial charge in [-0.2, -0.15) is 0 Å². The lowest BCUT2D eigenvalue weighted by atomic mass is 9.61. The number of aliphatic carboxylic acids is 2. The Morgan fingerprint density at radius 3 is 2.22 bits per heavy atom. The smallest absolute Gasteiger partial charge is 0.342 e. The molecule has 0 spiro atoms. The van der Waals surface area contributed by atoms with E-state index in [1.54, 1.807) is 0 Å². The zero-order valence-corrected chi connectivity index (χ0v) is 15.2. The van der Waals surface area contributed by atoms with Crippen LogP contribution in [0.1, 0.15) is 67.2 Å². The van der Waals surface area contributed by atoms with Gasteiger partial charge in [-0.25, -0.2) is 9.59 Å². The van der Waals surface area contributed by atoms with Gasteiger partial charge >= 0.3 is 11.9 Å². The molecule has 0 radical (unpaired) electrons. The quantitative estimate of drug-likeness (QED) is 0.323. The molecule has 130 valence electrons. The molecule has 0 aromatic carbocycles. The zero-order valence-electron chi connectivity index (χ0n) is 15.2. The van der Waals surface area contributed by atoms with Crippen LogP contribution >= 0.6 is 0 Å². The van der Waals surface area contributed by atoms with E-state index in [-0.39, 0.29) is 16.7 Å². The van der Waals surface area contributed by atoms with Crippen LogP contribution in [0.25, 0.3) is 0 Å². The van der Waals surface area contributed by atoms with Crippen molar-refractivity contribution in [2.45, 2.75) is 67.2 Å². The molecule has 1 unspecified atom stereocenters. The number of allylic oxidation sites excluding steroid dienone is 3. The van der Waals surface area contributed by atoms with Crippen molar-refractivity contribution >= 4 is 11.9 Å². The molecule has 1 aliphatic rings. The standard InChI is InChI=1S/C19H30O4/c1-12(10-14(16(20)21)17(22)23)11-19(5,6)15-13(2)8-7-9-18(15,3)4/h10,12H,7-9,11H2,1-6H3,(H,20,21)(H,22,23). The third-order valence-corrected chi connectivity index (χ3v) is 4.88. The molecule has 0 fully saturated rings. The Morgan fingerprint density at radius 1 is 1.26 bits per heavy atom. The Hall–Kier alpha value is -1.58. The number of hydrogen-bond acceptors (Lipinski definition) is 2. The summed E-state index contributed by atoms with van der Waals surface area (Å²) in [6, 6.07) is 0. The fourth-order valence-electron chi connectivity index (χ4n) is 4.60. The molecule has 0 amide bonds. The average molecular weight is 322 g/mol. The molecule has 2 N–H and O–H groups in total. The monoisotopic (exact) mass is 322 g/mol. The summed E-state index contributed by atoms with van der Waals surface area (Å²) < 4.78 is 0. The number of carboxylic acids is 2. The van der Waals surface area contributed by atoms with E-state index in [4.69, 9.17) is 10.2 Å².